The molecule has 1 atom stereocenters. The van der Waals surface area contributed by atoms with E-state index in [0.717, 1.165) is 10.4 Å². The van der Waals surface area contributed by atoms with E-state index in [1.165, 1.54) is 29.8 Å². The summed E-state index contributed by atoms with van der Waals surface area (Å²) in [5.74, 6) is -0.243. The summed E-state index contributed by atoms with van der Waals surface area (Å²) < 4.78 is 4.76. The van der Waals surface area contributed by atoms with Crippen molar-refractivity contribution in [2.24, 2.45) is 0 Å². The van der Waals surface area contributed by atoms with Crippen LogP contribution in [0.5, 0.6) is 0 Å². The first-order valence-electron chi connectivity index (χ1n) is 5.71. The summed E-state index contributed by atoms with van der Waals surface area (Å²) in [6.45, 7) is 0.122. The summed E-state index contributed by atoms with van der Waals surface area (Å²) in [6, 6.07) is 5.62. The van der Waals surface area contributed by atoms with Gasteiger partial charge in [-0.25, -0.2) is 0 Å². The van der Waals surface area contributed by atoms with Gasteiger partial charge in [-0.3, -0.25) is 4.79 Å². The smallest absolute Gasteiger partial charge is 0.246 e. The van der Waals surface area contributed by atoms with Crippen molar-refractivity contribution in [1.29, 1.82) is 0 Å². The molecule has 2 heterocycles. The van der Waals surface area contributed by atoms with Crippen LogP contribution >= 0.6 is 22.7 Å². The summed E-state index contributed by atoms with van der Waals surface area (Å²) >= 11 is 2.98. The monoisotopic (exact) mass is 297 g/mol. The third kappa shape index (κ3) is 3.22. The minimum absolute atomic E-state index is 0.00976. The Balaban J connectivity index is 2.19. The van der Waals surface area contributed by atoms with Crippen LogP contribution in [0.2, 0.25) is 0 Å². The van der Waals surface area contributed by atoms with E-state index in [0.29, 0.717) is 0 Å². The summed E-state index contributed by atoms with van der Waals surface area (Å²) in [6.07, 6.45) is 0. The number of rotatable bonds is 6. The highest BCUT2D eigenvalue weighted by Crippen LogP contribution is 2.33. The normalized spacial score (nSPS) is 14.0. The molecule has 0 fully saturated rings. The maximum atomic E-state index is 11.5. The van der Waals surface area contributed by atoms with Gasteiger partial charge < -0.3 is 15.2 Å². The standard InChI is InChI=1S/C13H15NO3S2/c1-17-7-12(15)14-9-13(16,10-4-6-18-8-10)11-3-2-5-19-11/h2-6,8,16H,7,9H2,1H3,(H,14,15). The first-order valence-corrected chi connectivity index (χ1v) is 7.54. The third-order valence-corrected chi connectivity index (χ3v) is 4.45. The molecule has 0 aliphatic carbocycles. The lowest BCUT2D eigenvalue weighted by molar-refractivity contribution is -0.125. The minimum Gasteiger partial charge on any atom is -0.378 e. The van der Waals surface area contributed by atoms with Gasteiger partial charge in [-0.15, -0.1) is 11.3 Å². The van der Waals surface area contributed by atoms with Crippen molar-refractivity contribution in [2.45, 2.75) is 5.60 Å². The highest BCUT2D eigenvalue weighted by Gasteiger charge is 2.33. The first kappa shape index (κ1) is 14.2. The van der Waals surface area contributed by atoms with Gasteiger partial charge >= 0.3 is 0 Å². The highest BCUT2D eigenvalue weighted by molar-refractivity contribution is 7.10. The van der Waals surface area contributed by atoms with Crippen molar-refractivity contribution in [3.8, 4) is 0 Å². The molecule has 2 aromatic rings. The van der Waals surface area contributed by atoms with Crippen LogP contribution in [0.4, 0.5) is 0 Å². The molecule has 102 valence electrons. The molecule has 1 unspecified atom stereocenters. The van der Waals surface area contributed by atoms with Crippen molar-refractivity contribution in [3.63, 3.8) is 0 Å². The Kier molecular flexibility index (Phi) is 4.71. The number of thiophene rings is 2. The van der Waals surface area contributed by atoms with E-state index in [1.807, 2.05) is 34.3 Å². The summed E-state index contributed by atoms with van der Waals surface area (Å²) in [7, 11) is 1.46. The second-order valence-electron chi connectivity index (χ2n) is 4.06. The first-order chi connectivity index (χ1) is 9.16. The van der Waals surface area contributed by atoms with Crippen LogP contribution in [0.3, 0.4) is 0 Å². The Morgan fingerprint density at radius 1 is 1.47 bits per heavy atom. The Hall–Kier alpha value is -1.21. The van der Waals surface area contributed by atoms with Gasteiger partial charge in [0.2, 0.25) is 5.91 Å². The molecule has 0 saturated heterocycles. The van der Waals surface area contributed by atoms with Crippen LogP contribution in [0.1, 0.15) is 10.4 Å². The molecule has 1 amide bonds. The van der Waals surface area contributed by atoms with Gasteiger partial charge in [0.15, 0.2) is 0 Å². The predicted molar refractivity (Wildman–Crippen MR) is 76.5 cm³/mol. The molecule has 0 radical (unpaired) electrons. The molecule has 19 heavy (non-hydrogen) atoms. The molecule has 0 aromatic carbocycles. The fraction of sp³-hybridized carbons (Fsp3) is 0.308. The number of hydrogen-bond acceptors (Lipinski definition) is 5. The number of nitrogens with one attached hydrogen (secondary N) is 1. The zero-order valence-corrected chi connectivity index (χ0v) is 12.1. The molecular formula is C13H15NO3S2. The van der Waals surface area contributed by atoms with E-state index < -0.39 is 5.60 Å². The summed E-state index contributed by atoms with van der Waals surface area (Å²) in [4.78, 5) is 12.3. The number of aliphatic hydroxyl groups is 1. The predicted octanol–water partition coefficient (Wildman–Crippen LogP) is 1.81. The van der Waals surface area contributed by atoms with Gasteiger partial charge in [-0.2, -0.15) is 11.3 Å². The zero-order valence-electron chi connectivity index (χ0n) is 10.5. The van der Waals surface area contributed by atoms with E-state index in [2.05, 4.69) is 5.32 Å². The average Bonchev–Trinajstić information content (AvgIpc) is 3.08. The molecule has 0 spiro atoms. The molecule has 2 N–H and O–H groups in total. The Labute approximate surface area is 119 Å². The molecule has 0 aliphatic rings. The number of carbonyl (C=O) groups excluding carboxylic acids is 1. The highest BCUT2D eigenvalue weighted by atomic mass is 32.1. The number of ether oxygens (including phenoxy) is 1. The van der Waals surface area contributed by atoms with Crippen LogP contribution in [-0.2, 0) is 15.1 Å². The molecule has 6 heteroatoms. The van der Waals surface area contributed by atoms with Crippen LogP contribution in [0.25, 0.3) is 0 Å². The Morgan fingerprint density at radius 3 is 2.89 bits per heavy atom. The lowest BCUT2D eigenvalue weighted by Gasteiger charge is -2.26. The second kappa shape index (κ2) is 6.29. The van der Waals surface area contributed by atoms with Crippen LogP contribution in [0.15, 0.2) is 34.3 Å². The van der Waals surface area contributed by atoms with Gasteiger partial charge in [0.05, 0.1) is 6.54 Å². The molecule has 2 aromatic heterocycles. The lowest BCUT2D eigenvalue weighted by atomic mass is 9.94. The zero-order chi connectivity index (χ0) is 13.7. The van der Waals surface area contributed by atoms with E-state index in [1.54, 1.807) is 0 Å². The van der Waals surface area contributed by atoms with E-state index >= 15 is 0 Å². The molecule has 2 rings (SSSR count). The molecule has 0 saturated carbocycles. The van der Waals surface area contributed by atoms with Gasteiger partial charge in [-0.05, 0) is 28.3 Å². The number of carbonyl (C=O) groups is 1. The molecule has 0 bridgehead atoms. The SMILES string of the molecule is COCC(=O)NCC(O)(c1ccsc1)c1cccs1. The van der Waals surface area contributed by atoms with E-state index in [-0.39, 0.29) is 19.1 Å². The Morgan fingerprint density at radius 2 is 2.32 bits per heavy atom. The largest absolute Gasteiger partial charge is 0.378 e. The number of hydrogen-bond donors (Lipinski definition) is 2. The van der Waals surface area contributed by atoms with Gasteiger partial charge in [0, 0.05) is 17.6 Å². The lowest BCUT2D eigenvalue weighted by Crippen LogP contribution is -2.42. The summed E-state index contributed by atoms with van der Waals surface area (Å²) in [5, 5.41) is 19.3. The fourth-order valence-corrected chi connectivity index (χ4v) is 3.32. The van der Waals surface area contributed by atoms with Crippen LogP contribution in [0, 0.1) is 0 Å². The van der Waals surface area contributed by atoms with Crippen molar-refractivity contribution in [1.82, 2.24) is 5.32 Å². The Bertz CT molecular complexity index is 474. The van der Waals surface area contributed by atoms with E-state index in [9.17, 15) is 9.90 Å². The van der Waals surface area contributed by atoms with Crippen molar-refractivity contribution >= 4 is 28.6 Å². The fourth-order valence-electron chi connectivity index (χ4n) is 1.75. The molecular weight excluding hydrogens is 282 g/mol. The van der Waals surface area contributed by atoms with Crippen LogP contribution in [-0.4, -0.2) is 31.3 Å². The van der Waals surface area contributed by atoms with Gasteiger partial charge in [-0.1, -0.05) is 6.07 Å². The van der Waals surface area contributed by atoms with Gasteiger partial charge in [0.25, 0.3) is 0 Å². The number of methoxy groups -OCH3 is 1. The maximum absolute atomic E-state index is 11.5. The van der Waals surface area contributed by atoms with Crippen molar-refractivity contribution in [2.75, 3.05) is 20.3 Å². The minimum atomic E-state index is -1.18. The van der Waals surface area contributed by atoms with Gasteiger partial charge in [0.1, 0.15) is 12.2 Å². The van der Waals surface area contributed by atoms with Crippen LogP contribution < -0.4 is 5.32 Å². The topological polar surface area (TPSA) is 58.6 Å². The molecule has 0 aliphatic heterocycles. The third-order valence-electron chi connectivity index (χ3n) is 2.74. The second-order valence-corrected chi connectivity index (χ2v) is 5.79. The summed E-state index contributed by atoms with van der Waals surface area (Å²) in [5.41, 5.74) is -0.393. The maximum Gasteiger partial charge on any atom is 0.246 e. The van der Waals surface area contributed by atoms with Crippen molar-refractivity contribution in [3.05, 3.63) is 44.8 Å². The quantitative estimate of drug-likeness (QED) is 0.855. The number of amides is 1. The molecule has 4 nitrogen and oxygen atoms in total. The average molecular weight is 297 g/mol. The van der Waals surface area contributed by atoms with Crippen molar-refractivity contribution < 1.29 is 14.6 Å². The van der Waals surface area contributed by atoms with E-state index in [4.69, 9.17) is 4.74 Å².